The number of halogens is 4. The number of hydrogen-bond donors (Lipinski definition) is 0. The van der Waals surface area contributed by atoms with E-state index in [-0.39, 0.29) is 67.9 Å². The van der Waals surface area contributed by atoms with E-state index >= 15 is 0 Å². The van der Waals surface area contributed by atoms with E-state index in [1.54, 1.807) is 0 Å². The SMILES string of the molecule is CC(CCC[N+]1=Cc2ccccc2CC1)[N+]1=Cc2ccccc2CC1.CC(CCC[N+]1=Cc2ccccc2CC1)[N+]1=Cc2ccccc2CC1.[Br-].[Br-].[Br-].[Br-]. The van der Waals surface area contributed by atoms with Crippen LogP contribution in [0.1, 0.15) is 84.0 Å². The van der Waals surface area contributed by atoms with Crippen LogP contribution in [0.5, 0.6) is 0 Å². The topological polar surface area (TPSA) is 12.0 Å². The molecule has 0 N–H and O–H groups in total. The predicted octanol–water partition coefficient (Wildman–Crippen LogP) is -4.92. The summed E-state index contributed by atoms with van der Waals surface area (Å²) in [5.41, 5.74) is 11.6. The van der Waals surface area contributed by atoms with Crippen molar-refractivity contribution in [1.82, 2.24) is 0 Å². The highest BCUT2D eigenvalue weighted by molar-refractivity contribution is 5.80. The van der Waals surface area contributed by atoms with Gasteiger partial charge in [0.05, 0.1) is 0 Å². The molecule has 2 unspecified atom stereocenters. The van der Waals surface area contributed by atoms with Crippen LogP contribution in [0.25, 0.3) is 0 Å². The van der Waals surface area contributed by atoms with Crippen LogP contribution in [-0.4, -0.2) is 94.5 Å². The van der Waals surface area contributed by atoms with E-state index in [9.17, 15) is 0 Å². The average molecular weight is 985 g/mol. The molecule has 0 aromatic heterocycles. The number of rotatable bonds is 10. The summed E-state index contributed by atoms with van der Waals surface area (Å²) in [6, 6.07) is 36.4. The van der Waals surface area contributed by atoms with Gasteiger partial charge in [-0.1, -0.05) is 72.8 Å². The van der Waals surface area contributed by atoms with Crippen LogP contribution in [0, 0.1) is 0 Å². The molecule has 0 saturated heterocycles. The van der Waals surface area contributed by atoms with Crippen LogP contribution in [-0.2, 0) is 25.7 Å². The Kier molecular flexibility index (Phi) is 19.4. The zero-order valence-corrected chi connectivity index (χ0v) is 38.2. The van der Waals surface area contributed by atoms with E-state index in [1.165, 1.54) is 109 Å². The summed E-state index contributed by atoms with van der Waals surface area (Å²) in [4.78, 5) is 0. The fraction of sp³-hybridized carbons (Fsp3) is 0.391. The Morgan fingerprint density at radius 3 is 1.06 bits per heavy atom. The van der Waals surface area contributed by atoms with Crippen molar-refractivity contribution in [2.24, 2.45) is 0 Å². The van der Waals surface area contributed by atoms with Crippen molar-refractivity contribution in [3.05, 3.63) is 142 Å². The minimum Gasteiger partial charge on any atom is -1.00 e. The maximum absolute atomic E-state index is 2.54. The minimum absolute atomic E-state index is 0. The quantitative estimate of drug-likeness (QED) is 0.142. The summed E-state index contributed by atoms with van der Waals surface area (Å²) in [7, 11) is 0. The molecule has 0 bridgehead atoms. The molecule has 8 rings (SSSR count). The van der Waals surface area contributed by atoms with Gasteiger partial charge in [0.25, 0.3) is 0 Å². The first-order chi connectivity index (χ1) is 24.6. The Balaban J connectivity index is 0.000000270. The van der Waals surface area contributed by atoms with E-state index in [1.807, 2.05) is 0 Å². The zero-order chi connectivity index (χ0) is 34.1. The van der Waals surface area contributed by atoms with Gasteiger partial charge >= 0.3 is 0 Å². The molecule has 4 aliphatic heterocycles. The lowest BCUT2D eigenvalue weighted by Crippen LogP contribution is -3.00. The maximum Gasteiger partial charge on any atom is 0.171 e. The van der Waals surface area contributed by atoms with Crippen molar-refractivity contribution in [3.8, 4) is 0 Å². The molecule has 8 heteroatoms. The third kappa shape index (κ3) is 12.2. The second-order valence-corrected chi connectivity index (χ2v) is 14.8. The molecule has 0 spiro atoms. The molecule has 4 heterocycles. The van der Waals surface area contributed by atoms with E-state index in [2.05, 4.69) is 154 Å². The zero-order valence-electron chi connectivity index (χ0n) is 31.9. The molecule has 2 atom stereocenters. The molecule has 54 heavy (non-hydrogen) atoms. The van der Waals surface area contributed by atoms with Crippen molar-refractivity contribution in [1.29, 1.82) is 0 Å². The molecule has 0 fully saturated rings. The van der Waals surface area contributed by atoms with Crippen LogP contribution in [0.15, 0.2) is 97.1 Å². The third-order valence-electron chi connectivity index (χ3n) is 11.4. The van der Waals surface area contributed by atoms with Crippen LogP contribution in [0.3, 0.4) is 0 Å². The second kappa shape index (κ2) is 22.9. The fourth-order valence-electron chi connectivity index (χ4n) is 8.15. The summed E-state index contributed by atoms with van der Waals surface area (Å²) >= 11 is 0. The van der Waals surface area contributed by atoms with Gasteiger partial charge in [-0.3, -0.25) is 0 Å². The highest BCUT2D eigenvalue weighted by Crippen LogP contribution is 2.17. The molecular weight excluding hydrogens is 928 g/mol. The first kappa shape index (κ1) is 45.9. The van der Waals surface area contributed by atoms with Crippen molar-refractivity contribution in [2.45, 2.75) is 77.3 Å². The van der Waals surface area contributed by atoms with Crippen LogP contribution < -0.4 is 67.9 Å². The molecule has 4 aromatic rings. The maximum atomic E-state index is 2.54. The first-order valence-electron chi connectivity index (χ1n) is 19.3. The van der Waals surface area contributed by atoms with E-state index in [0.29, 0.717) is 12.1 Å². The van der Waals surface area contributed by atoms with Gasteiger partial charge in [-0.05, 0) is 60.4 Å². The monoisotopic (exact) mass is 980 g/mol. The van der Waals surface area contributed by atoms with Crippen LogP contribution >= 0.6 is 0 Å². The van der Waals surface area contributed by atoms with Gasteiger partial charge in [-0.25, -0.2) is 18.3 Å². The highest BCUT2D eigenvalue weighted by Gasteiger charge is 2.23. The van der Waals surface area contributed by atoms with Crippen LogP contribution in [0.4, 0.5) is 0 Å². The van der Waals surface area contributed by atoms with Crippen molar-refractivity contribution in [2.75, 3.05) is 39.3 Å². The second-order valence-electron chi connectivity index (χ2n) is 14.8. The summed E-state index contributed by atoms with van der Waals surface area (Å²) in [5.74, 6) is 0. The van der Waals surface area contributed by atoms with E-state index in [4.69, 9.17) is 0 Å². The van der Waals surface area contributed by atoms with Gasteiger partial charge in [0.1, 0.15) is 51.4 Å². The van der Waals surface area contributed by atoms with Gasteiger partial charge in [0.15, 0.2) is 24.9 Å². The Labute approximate surface area is 366 Å². The molecule has 0 saturated carbocycles. The summed E-state index contributed by atoms with van der Waals surface area (Å²) in [6.07, 6.45) is 19.2. The van der Waals surface area contributed by atoms with Gasteiger partial charge in [-0.2, -0.15) is 0 Å². The van der Waals surface area contributed by atoms with Gasteiger partial charge in [0.2, 0.25) is 0 Å². The molecular formula is C46H56Br4N4. The predicted molar refractivity (Wildman–Crippen MR) is 209 cm³/mol. The lowest BCUT2D eigenvalue weighted by molar-refractivity contribution is -0.563. The lowest BCUT2D eigenvalue weighted by atomic mass is 10.0. The third-order valence-corrected chi connectivity index (χ3v) is 11.4. The van der Waals surface area contributed by atoms with E-state index in [0.717, 1.165) is 26.2 Å². The molecule has 0 amide bonds. The summed E-state index contributed by atoms with van der Waals surface area (Å²) < 4.78 is 10.1. The fourth-order valence-corrected chi connectivity index (χ4v) is 8.15. The molecule has 4 aliphatic rings. The van der Waals surface area contributed by atoms with Crippen molar-refractivity contribution >= 4 is 24.9 Å². The number of benzene rings is 4. The van der Waals surface area contributed by atoms with Crippen LogP contribution in [0.2, 0.25) is 0 Å². The molecule has 288 valence electrons. The Morgan fingerprint density at radius 1 is 0.407 bits per heavy atom. The van der Waals surface area contributed by atoms with Gasteiger partial charge < -0.3 is 67.9 Å². The Bertz CT molecular complexity index is 1790. The molecule has 4 aromatic carbocycles. The number of fused-ring (bicyclic) bond motifs is 4. The van der Waals surface area contributed by atoms with Gasteiger partial charge in [0, 0.05) is 73.6 Å². The standard InChI is InChI=1S/2C23H28N2.4BrH/c2*1-19(25-16-13-21-9-3-5-11-23(21)18-25)7-6-14-24-15-12-20-8-2-4-10-22(20)17-24;;;;/h2*2-5,8-11,17-19H,6-7,12-16H2,1H3;4*1H/q2*+2;;;;/p-4. The minimum atomic E-state index is 0. The van der Waals surface area contributed by atoms with Crippen molar-refractivity contribution < 1.29 is 86.2 Å². The summed E-state index contributed by atoms with van der Waals surface area (Å²) in [5, 5.41) is 0. The molecule has 4 nitrogen and oxygen atoms in total. The largest absolute Gasteiger partial charge is 1.00 e. The Morgan fingerprint density at radius 2 is 0.704 bits per heavy atom. The number of hydrogen-bond acceptors (Lipinski definition) is 0. The first-order valence-corrected chi connectivity index (χ1v) is 19.3. The normalized spacial score (nSPS) is 15.9. The number of nitrogens with zero attached hydrogens (tertiary/aromatic N) is 4. The van der Waals surface area contributed by atoms with Gasteiger partial charge in [-0.15, -0.1) is 0 Å². The highest BCUT2D eigenvalue weighted by atomic mass is 79.9. The van der Waals surface area contributed by atoms with E-state index < -0.39 is 0 Å². The lowest BCUT2D eigenvalue weighted by Gasteiger charge is -2.17. The Hall–Kier alpha value is -2.52. The summed E-state index contributed by atoms with van der Waals surface area (Å²) in [6.45, 7) is 11.7. The van der Waals surface area contributed by atoms with Crippen molar-refractivity contribution in [3.63, 3.8) is 0 Å². The smallest absolute Gasteiger partial charge is 0.171 e. The average Bonchev–Trinajstić information content (AvgIpc) is 3.17. The molecule has 0 radical (unpaired) electrons. The molecule has 0 aliphatic carbocycles.